The molecule has 0 aliphatic heterocycles. The highest BCUT2D eigenvalue weighted by molar-refractivity contribution is 7.92. The van der Waals surface area contributed by atoms with Crippen molar-refractivity contribution in [1.82, 2.24) is 0 Å². The lowest BCUT2D eigenvalue weighted by Gasteiger charge is -2.09. The minimum atomic E-state index is -4.01. The number of aliphatic hydroxyl groups is 1. The molecule has 0 amide bonds. The van der Waals surface area contributed by atoms with Crippen molar-refractivity contribution in [2.24, 2.45) is 0 Å². The van der Waals surface area contributed by atoms with E-state index in [9.17, 15) is 17.9 Å². The topological polar surface area (TPSA) is 79.5 Å². The van der Waals surface area contributed by atoms with Gasteiger partial charge in [-0.15, -0.1) is 0 Å². The summed E-state index contributed by atoms with van der Waals surface area (Å²) in [5.74, 6) is -0.268. The van der Waals surface area contributed by atoms with E-state index in [4.69, 9.17) is 16.0 Å². The van der Waals surface area contributed by atoms with E-state index in [0.717, 1.165) is 6.07 Å². The van der Waals surface area contributed by atoms with Gasteiger partial charge in [-0.2, -0.15) is 0 Å². The van der Waals surface area contributed by atoms with Crippen LogP contribution in [0.5, 0.6) is 0 Å². The molecular weight excluding hydrogens is 321 g/mol. The van der Waals surface area contributed by atoms with Gasteiger partial charge in [0.05, 0.1) is 17.3 Å². The SMILES string of the molecule is Cc1oc(C)c(S(=O)(=O)Nc2ccc(Cl)c(F)c2)c1CO. The van der Waals surface area contributed by atoms with E-state index in [1.807, 2.05) is 0 Å². The Morgan fingerprint density at radius 3 is 2.57 bits per heavy atom. The zero-order valence-corrected chi connectivity index (χ0v) is 12.8. The van der Waals surface area contributed by atoms with Gasteiger partial charge in [0.15, 0.2) is 0 Å². The molecular formula is C13H13ClFNO4S. The number of aliphatic hydroxyl groups excluding tert-OH is 1. The summed E-state index contributed by atoms with van der Waals surface area (Å²) in [7, 11) is -4.01. The largest absolute Gasteiger partial charge is 0.465 e. The molecule has 0 atom stereocenters. The van der Waals surface area contributed by atoms with Gasteiger partial charge in [-0.1, -0.05) is 11.6 Å². The number of aryl methyl sites for hydroxylation is 2. The fourth-order valence-electron chi connectivity index (χ4n) is 2.01. The molecule has 0 aliphatic rings. The zero-order valence-electron chi connectivity index (χ0n) is 11.3. The Morgan fingerprint density at radius 2 is 2.00 bits per heavy atom. The van der Waals surface area contributed by atoms with Gasteiger partial charge in [0.2, 0.25) is 0 Å². The zero-order chi connectivity index (χ0) is 15.8. The maximum Gasteiger partial charge on any atom is 0.265 e. The van der Waals surface area contributed by atoms with Crippen molar-refractivity contribution in [2.45, 2.75) is 25.3 Å². The maximum absolute atomic E-state index is 13.4. The molecule has 0 saturated heterocycles. The van der Waals surface area contributed by atoms with Crippen LogP contribution in [-0.4, -0.2) is 13.5 Å². The lowest BCUT2D eigenvalue weighted by molar-refractivity contribution is 0.276. The third-order valence-electron chi connectivity index (χ3n) is 2.92. The second-order valence-electron chi connectivity index (χ2n) is 4.41. The minimum absolute atomic E-state index is 0.0269. The molecule has 0 radical (unpaired) electrons. The van der Waals surface area contributed by atoms with Gasteiger partial charge < -0.3 is 9.52 Å². The van der Waals surface area contributed by atoms with Gasteiger partial charge >= 0.3 is 0 Å². The van der Waals surface area contributed by atoms with Crippen molar-refractivity contribution in [2.75, 3.05) is 4.72 Å². The van der Waals surface area contributed by atoms with E-state index in [1.54, 1.807) is 6.92 Å². The Labute approximate surface area is 126 Å². The van der Waals surface area contributed by atoms with Crippen LogP contribution in [0.15, 0.2) is 27.5 Å². The van der Waals surface area contributed by atoms with Gasteiger partial charge in [0, 0.05) is 5.56 Å². The highest BCUT2D eigenvalue weighted by atomic mass is 35.5. The molecule has 21 heavy (non-hydrogen) atoms. The van der Waals surface area contributed by atoms with E-state index in [2.05, 4.69) is 4.72 Å². The predicted molar refractivity (Wildman–Crippen MR) is 76.3 cm³/mol. The molecule has 0 fully saturated rings. The van der Waals surface area contributed by atoms with Crippen LogP contribution in [0.4, 0.5) is 10.1 Å². The molecule has 0 aliphatic carbocycles. The number of furan rings is 1. The summed E-state index contributed by atoms with van der Waals surface area (Å²) in [5, 5.41) is 9.19. The van der Waals surface area contributed by atoms with Crippen LogP contribution in [0.2, 0.25) is 5.02 Å². The molecule has 8 heteroatoms. The quantitative estimate of drug-likeness (QED) is 0.901. The van der Waals surface area contributed by atoms with E-state index in [0.29, 0.717) is 5.76 Å². The summed E-state index contributed by atoms with van der Waals surface area (Å²) in [4.78, 5) is -0.141. The van der Waals surface area contributed by atoms with Gasteiger partial charge in [-0.25, -0.2) is 12.8 Å². The second-order valence-corrected chi connectivity index (χ2v) is 6.44. The van der Waals surface area contributed by atoms with Crippen LogP contribution >= 0.6 is 11.6 Å². The molecule has 1 heterocycles. The molecule has 0 spiro atoms. The molecule has 1 aromatic carbocycles. The summed E-state index contributed by atoms with van der Waals surface area (Å²) in [6.07, 6.45) is 0. The van der Waals surface area contributed by atoms with Gasteiger partial charge in [-0.05, 0) is 32.0 Å². The van der Waals surface area contributed by atoms with Crippen molar-refractivity contribution in [3.05, 3.63) is 46.1 Å². The Morgan fingerprint density at radius 1 is 1.33 bits per heavy atom. The summed E-state index contributed by atoms with van der Waals surface area (Å²) in [5.41, 5.74) is 0.202. The van der Waals surface area contributed by atoms with Crippen LogP contribution in [-0.2, 0) is 16.6 Å². The van der Waals surface area contributed by atoms with Crippen molar-refractivity contribution >= 4 is 27.3 Å². The number of rotatable bonds is 4. The first kappa shape index (κ1) is 15.8. The monoisotopic (exact) mass is 333 g/mol. The first-order chi connectivity index (χ1) is 9.76. The van der Waals surface area contributed by atoms with Gasteiger partial charge in [0.1, 0.15) is 22.2 Å². The lowest BCUT2D eigenvalue weighted by Crippen LogP contribution is -2.15. The second kappa shape index (κ2) is 5.67. The molecule has 2 aromatic rings. The van der Waals surface area contributed by atoms with E-state index < -0.39 is 22.4 Å². The van der Waals surface area contributed by atoms with E-state index >= 15 is 0 Å². The smallest absolute Gasteiger partial charge is 0.265 e. The van der Waals surface area contributed by atoms with E-state index in [1.165, 1.54) is 19.1 Å². The van der Waals surface area contributed by atoms with Gasteiger partial charge in [0.25, 0.3) is 10.0 Å². The number of halogens is 2. The Kier molecular flexibility index (Phi) is 4.27. The Bertz CT molecular complexity index is 786. The lowest BCUT2D eigenvalue weighted by atomic mass is 10.2. The average molecular weight is 334 g/mol. The number of hydrogen-bond acceptors (Lipinski definition) is 4. The normalized spacial score (nSPS) is 11.7. The fourth-order valence-corrected chi connectivity index (χ4v) is 3.62. The summed E-state index contributed by atoms with van der Waals surface area (Å²) in [6, 6.07) is 3.56. The number of nitrogens with one attached hydrogen (secondary N) is 1. The third kappa shape index (κ3) is 3.04. The number of hydrogen-bond donors (Lipinski definition) is 2. The summed E-state index contributed by atoms with van der Waals surface area (Å²) >= 11 is 5.54. The van der Waals surface area contributed by atoms with Gasteiger partial charge in [-0.3, -0.25) is 4.72 Å². The fraction of sp³-hybridized carbons (Fsp3) is 0.231. The highest BCUT2D eigenvalue weighted by Crippen LogP contribution is 2.29. The van der Waals surface area contributed by atoms with Crippen LogP contribution in [0.25, 0.3) is 0 Å². The number of benzene rings is 1. The molecule has 0 bridgehead atoms. The van der Waals surface area contributed by atoms with Crippen LogP contribution in [0.3, 0.4) is 0 Å². The van der Waals surface area contributed by atoms with Crippen LogP contribution in [0.1, 0.15) is 17.1 Å². The summed E-state index contributed by atoms with van der Waals surface area (Å²) < 4.78 is 45.6. The summed E-state index contributed by atoms with van der Waals surface area (Å²) in [6.45, 7) is 2.55. The number of sulfonamides is 1. The predicted octanol–water partition coefficient (Wildman–Crippen LogP) is 2.98. The molecule has 0 unspecified atom stereocenters. The molecule has 0 saturated carbocycles. The average Bonchev–Trinajstić information content (AvgIpc) is 2.68. The minimum Gasteiger partial charge on any atom is -0.465 e. The Hall–Kier alpha value is -1.57. The molecule has 1 aromatic heterocycles. The van der Waals surface area contributed by atoms with Crippen molar-refractivity contribution < 1.29 is 22.3 Å². The molecule has 2 rings (SSSR count). The maximum atomic E-state index is 13.4. The highest BCUT2D eigenvalue weighted by Gasteiger charge is 2.26. The molecule has 114 valence electrons. The third-order valence-corrected chi connectivity index (χ3v) is 4.81. The first-order valence-electron chi connectivity index (χ1n) is 5.94. The van der Waals surface area contributed by atoms with Crippen LogP contribution < -0.4 is 4.72 Å². The van der Waals surface area contributed by atoms with Crippen LogP contribution in [0, 0.1) is 19.7 Å². The van der Waals surface area contributed by atoms with Crippen molar-refractivity contribution in [3.8, 4) is 0 Å². The van der Waals surface area contributed by atoms with E-state index in [-0.39, 0.29) is 26.9 Å². The van der Waals surface area contributed by atoms with Crippen molar-refractivity contribution in [1.29, 1.82) is 0 Å². The van der Waals surface area contributed by atoms with Crippen molar-refractivity contribution in [3.63, 3.8) is 0 Å². The number of anilines is 1. The first-order valence-corrected chi connectivity index (χ1v) is 7.80. The standard InChI is InChI=1S/C13H13ClFNO4S/c1-7-10(6-17)13(8(2)20-7)21(18,19)16-9-3-4-11(14)12(15)5-9/h3-5,16-17H,6H2,1-2H3. The Balaban J connectivity index is 2.45. The molecule has 2 N–H and O–H groups in total. The molecule has 5 nitrogen and oxygen atoms in total.